The molecule has 1 N–H and O–H groups in total. The van der Waals surface area contributed by atoms with Gasteiger partial charge in [0.2, 0.25) is 5.91 Å². The molecule has 0 fully saturated rings. The summed E-state index contributed by atoms with van der Waals surface area (Å²) < 4.78 is 26.3. The summed E-state index contributed by atoms with van der Waals surface area (Å²) in [6, 6.07) is 10.3. The van der Waals surface area contributed by atoms with Gasteiger partial charge in [-0.3, -0.25) is 14.4 Å². The summed E-state index contributed by atoms with van der Waals surface area (Å²) in [5, 5.41) is 2.77. The van der Waals surface area contributed by atoms with Crippen LogP contribution in [0.2, 0.25) is 0 Å². The van der Waals surface area contributed by atoms with E-state index in [0.717, 1.165) is 0 Å². The summed E-state index contributed by atoms with van der Waals surface area (Å²) >= 11 is 0. The molecule has 0 unspecified atom stereocenters. The number of anilines is 1. The molecule has 194 valence electrons. The number of benzene rings is 2. The van der Waals surface area contributed by atoms with Crippen LogP contribution in [-0.2, 0) is 9.53 Å². The van der Waals surface area contributed by atoms with Crippen LogP contribution < -0.4 is 10.1 Å². The van der Waals surface area contributed by atoms with Gasteiger partial charge in [-0.15, -0.1) is 0 Å². The first-order valence-corrected chi connectivity index (χ1v) is 12.1. The molecule has 1 aliphatic rings. The van der Waals surface area contributed by atoms with Crippen molar-refractivity contribution in [3.8, 4) is 5.75 Å². The summed E-state index contributed by atoms with van der Waals surface area (Å²) in [6.45, 7) is 6.10. The van der Waals surface area contributed by atoms with Gasteiger partial charge in [0.15, 0.2) is 0 Å². The van der Waals surface area contributed by atoms with Crippen molar-refractivity contribution in [2.45, 2.75) is 39.3 Å². The van der Waals surface area contributed by atoms with Gasteiger partial charge in [-0.2, -0.15) is 0 Å². The van der Waals surface area contributed by atoms with Gasteiger partial charge in [-0.1, -0.05) is 26.0 Å². The molecule has 0 spiro atoms. The lowest BCUT2D eigenvalue weighted by Crippen LogP contribution is -2.48. The standard InChI is InChI=1S/C27H34FN3O5/c1-6-25(32)29-19-11-12-21-23(13-19)36-16-18(3)31(27(34)20-9-7-8-10-22(20)28)14-17(2)24(35-5)15-30(4)26(21)33/h7-13,17-18,24H,6,14-16H2,1-5H3,(H,29,32)/t17-,18-,24-/m0/s1. The van der Waals surface area contributed by atoms with Crippen molar-refractivity contribution < 1.29 is 28.2 Å². The quantitative estimate of drug-likeness (QED) is 0.691. The highest BCUT2D eigenvalue weighted by molar-refractivity contribution is 5.98. The van der Waals surface area contributed by atoms with Gasteiger partial charge in [0.25, 0.3) is 11.8 Å². The Morgan fingerprint density at radius 3 is 2.56 bits per heavy atom. The second-order valence-electron chi connectivity index (χ2n) is 9.15. The van der Waals surface area contributed by atoms with E-state index in [1.807, 2.05) is 13.8 Å². The second-order valence-corrected chi connectivity index (χ2v) is 9.15. The normalized spacial score (nSPS) is 21.1. The van der Waals surface area contributed by atoms with Gasteiger partial charge in [-0.25, -0.2) is 4.39 Å². The van der Waals surface area contributed by atoms with E-state index in [0.29, 0.717) is 17.7 Å². The maximum atomic E-state index is 14.5. The molecule has 9 heteroatoms. The minimum absolute atomic E-state index is 0.0186. The minimum atomic E-state index is -0.593. The van der Waals surface area contributed by atoms with Crippen molar-refractivity contribution in [1.82, 2.24) is 9.80 Å². The highest BCUT2D eigenvalue weighted by atomic mass is 19.1. The number of hydrogen-bond acceptors (Lipinski definition) is 5. The molecule has 0 radical (unpaired) electrons. The molecule has 0 saturated heterocycles. The molecule has 3 amide bonds. The number of fused-ring (bicyclic) bond motifs is 1. The fraction of sp³-hybridized carbons (Fsp3) is 0.444. The Balaban J connectivity index is 2.01. The van der Waals surface area contributed by atoms with Gasteiger partial charge < -0.3 is 24.6 Å². The number of carbonyl (C=O) groups excluding carboxylic acids is 3. The summed E-state index contributed by atoms with van der Waals surface area (Å²) in [4.78, 5) is 41.7. The Labute approximate surface area is 211 Å². The topological polar surface area (TPSA) is 88.2 Å². The van der Waals surface area contributed by atoms with Gasteiger partial charge in [0.1, 0.15) is 18.2 Å². The maximum absolute atomic E-state index is 14.5. The van der Waals surface area contributed by atoms with E-state index < -0.39 is 17.8 Å². The predicted molar refractivity (Wildman–Crippen MR) is 135 cm³/mol. The van der Waals surface area contributed by atoms with Crippen molar-refractivity contribution in [1.29, 1.82) is 0 Å². The number of nitrogens with zero attached hydrogens (tertiary/aromatic N) is 2. The van der Waals surface area contributed by atoms with Crippen molar-refractivity contribution in [2.24, 2.45) is 5.92 Å². The first-order valence-electron chi connectivity index (χ1n) is 12.1. The highest BCUT2D eigenvalue weighted by Gasteiger charge is 2.31. The first kappa shape index (κ1) is 27.1. The maximum Gasteiger partial charge on any atom is 0.257 e. The molecule has 0 bridgehead atoms. The van der Waals surface area contributed by atoms with E-state index in [-0.39, 0.29) is 54.8 Å². The molecule has 3 atom stereocenters. The first-order chi connectivity index (χ1) is 17.2. The van der Waals surface area contributed by atoms with Crippen molar-refractivity contribution in [2.75, 3.05) is 39.2 Å². The minimum Gasteiger partial charge on any atom is -0.491 e. The van der Waals surface area contributed by atoms with Crippen LogP contribution in [0.1, 0.15) is 47.9 Å². The van der Waals surface area contributed by atoms with Gasteiger partial charge >= 0.3 is 0 Å². The third-order valence-corrected chi connectivity index (χ3v) is 6.42. The molecular formula is C27H34FN3O5. The molecule has 2 aromatic rings. The zero-order valence-corrected chi connectivity index (χ0v) is 21.4. The molecular weight excluding hydrogens is 465 g/mol. The van der Waals surface area contributed by atoms with Gasteiger partial charge in [-0.05, 0) is 31.2 Å². The Hall–Kier alpha value is -3.46. The highest BCUT2D eigenvalue weighted by Crippen LogP contribution is 2.27. The largest absolute Gasteiger partial charge is 0.491 e. The molecule has 0 aromatic heterocycles. The molecule has 0 aliphatic carbocycles. The lowest BCUT2D eigenvalue weighted by atomic mass is 10.0. The molecule has 8 nitrogen and oxygen atoms in total. The van der Waals surface area contributed by atoms with E-state index in [4.69, 9.17) is 9.47 Å². The zero-order valence-electron chi connectivity index (χ0n) is 21.4. The number of nitrogens with one attached hydrogen (secondary N) is 1. The van der Waals surface area contributed by atoms with Gasteiger partial charge in [0.05, 0.1) is 23.3 Å². The van der Waals surface area contributed by atoms with E-state index in [1.54, 1.807) is 55.1 Å². The average Bonchev–Trinajstić information content (AvgIpc) is 2.87. The van der Waals surface area contributed by atoms with Crippen molar-refractivity contribution >= 4 is 23.4 Å². The smallest absolute Gasteiger partial charge is 0.257 e. The van der Waals surface area contributed by atoms with Crippen LogP contribution in [0.5, 0.6) is 5.75 Å². The van der Waals surface area contributed by atoms with Crippen LogP contribution in [0, 0.1) is 11.7 Å². The third kappa shape index (κ3) is 6.20. The third-order valence-electron chi connectivity index (χ3n) is 6.42. The van der Waals surface area contributed by atoms with Crippen LogP contribution in [-0.4, -0.2) is 73.5 Å². The van der Waals surface area contributed by atoms with E-state index in [9.17, 15) is 18.8 Å². The van der Waals surface area contributed by atoms with Crippen LogP contribution in [0.4, 0.5) is 10.1 Å². The van der Waals surface area contributed by atoms with E-state index in [1.165, 1.54) is 18.2 Å². The lowest BCUT2D eigenvalue weighted by molar-refractivity contribution is -0.115. The number of likely N-dealkylation sites (N-methyl/N-ethyl adjacent to an activating group) is 1. The van der Waals surface area contributed by atoms with E-state index in [2.05, 4.69) is 5.32 Å². The van der Waals surface area contributed by atoms with Crippen LogP contribution in [0.25, 0.3) is 0 Å². The van der Waals surface area contributed by atoms with Gasteiger partial charge in [0, 0.05) is 51.3 Å². The summed E-state index contributed by atoms with van der Waals surface area (Å²) in [6.07, 6.45) is -0.0608. The number of methoxy groups -OCH3 is 1. The zero-order chi connectivity index (χ0) is 26.4. The summed E-state index contributed by atoms with van der Waals surface area (Å²) in [5.41, 5.74) is 0.808. The summed E-state index contributed by atoms with van der Waals surface area (Å²) in [5.74, 6) is -1.33. The van der Waals surface area contributed by atoms with Crippen molar-refractivity contribution in [3.63, 3.8) is 0 Å². The fourth-order valence-corrected chi connectivity index (χ4v) is 4.17. The number of halogens is 1. The monoisotopic (exact) mass is 499 g/mol. The average molecular weight is 500 g/mol. The van der Waals surface area contributed by atoms with Crippen LogP contribution in [0.3, 0.4) is 0 Å². The number of amides is 3. The van der Waals surface area contributed by atoms with Crippen LogP contribution in [0.15, 0.2) is 42.5 Å². The number of hydrogen-bond donors (Lipinski definition) is 1. The molecule has 36 heavy (non-hydrogen) atoms. The Kier molecular flexibility index (Phi) is 9.03. The fourth-order valence-electron chi connectivity index (χ4n) is 4.17. The Bertz CT molecular complexity index is 1110. The Morgan fingerprint density at radius 2 is 1.89 bits per heavy atom. The number of ether oxygens (including phenoxy) is 2. The molecule has 2 aromatic carbocycles. The molecule has 1 aliphatic heterocycles. The SMILES string of the molecule is CCC(=O)Nc1ccc2c(c1)OC[C@H](C)N(C(=O)c1ccccc1F)C[C@H](C)[C@@H](OC)CN(C)C2=O. The summed E-state index contributed by atoms with van der Waals surface area (Å²) in [7, 11) is 3.24. The number of carbonyl (C=O) groups is 3. The molecule has 3 rings (SSSR count). The van der Waals surface area contributed by atoms with Crippen LogP contribution >= 0.6 is 0 Å². The van der Waals surface area contributed by atoms with E-state index >= 15 is 0 Å². The molecule has 1 heterocycles. The Morgan fingerprint density at radius 1 is 1.17 bits per heavy atom. The van der Waals surface area contributed by atoms with Crippen molar-refractivity contribution in [3.05, 3.63) is 59.4 Å². The lowest BCUT2D eigenvalue weighted by Gasteiger charge is -2.36. The molecule has 0 saturated carbocycles. The second kappa shape index (κ2) is 12.0. The predicted octanol–water partition coefficient (Wildman–Crippen LogP) is 3.82. The number of rotatable bonds is 4.